The van der Waals surface area contributed by atoms with Gasteiger partial charge in [0.1, 0.15) is 0 Å². The van der Waals surface area contributed by atoms with E-state index in [4.69, 9.17) is 4.74 Å². The number of carbonyl (C=O) groups excluding carboxylic acids is 2. The topological polar surface area (TPSA) is 53.1 Å². The SMILES string of the molecule is O=C(CN1CCN(C(=O)c2ccccc2Br)CC1)N1CCOCC1. The fourth-order valence-electron chi connectivity index (χ4n) is 3.02. The van der Waals surface area contributed by atoms with Gasteiger partial charge in [0.05, 0.1) is 25.3 Å². The van der Waals surface area contributed by atoms with Crippen molar-refractivity contribution in [2.75, 3.05) is 59.0 Å². The number of hydrogen-bond acceptors (Lipinski definition) is 4. The first-order valence-corrected chi connectivity index (χ1v) is 9.06. The minimum atomic E-state index is 0.0432. The van der Waals surface area contributed by atoms with Crippen LogP contribution in [0, 0.1) is 0 Å². The molecular formula is C17H22BrN3O3. The highest BCUT2D eigenvalue weighted by molar-refractivity contribution is 9.10. The summed E-state index contributed by atoms with van der Waals surface area (Å²) in [6.45, 7) is 5.79. The van der Waals surface area contributed by atoms with Crippen LogP contribution in [0.5, 0.6) is 0 Å². The molecule has 2 heterocycles. The monoisotopic (exact) mass is 395 g/mol. The molecule has 130 valence electrons. The molecular weight excluding hydrogens is 374 g/mol. The van der Waals surface area contributed by atoms with E-state index < -0.39 is 0 Å². The molecule has 0 spiro atoms. The van der Waals surface area contributed by atoms with Crippen molar-refractivity contribution < 1.29 is 14.3 Å². The van der Waals surface area contributed by atoms with Crippen molar-refractivity contribution in [2.45, 2.75) is 0 Å². The Morgan fingerprint density at radius 2 is 1.62 bits per heavy atom. The van der Waals surface area contributed by atoms with Crippen molar-refractivity contribution >= 4 is 27.7 Å². The normalized spacial score (nSPS) is 19.4. The van der Waals surface area contributed by atoms with Gasteiger partial charge in [-0.05, 0) is 28.1 Å². The zero-order chi connectivity index (χ0) is 16.9. The third-order valence-electron chi connectivity index (χ3n) is 4.49. The molecule has 0 aliphatic carbocycles. The molecule has 3 rings (SSSR count). The average Bonchev–Trinajstić information content (AvgIpc) is 2.63. The number of benzene rings is 1. The van der Waals surface area contributed by atoms with Crippen molar-refractivity contribution in [3.8, 4) is 0 Å². The molecule has 0 N–H and O–H groups in total. The Bertz CT molecular complexity index is 596. The Balaban J connectivity index is 1.49. The first-order valence-electron chi connectivity index (χ1n) is 8.27. The highest BCUT2D eigenvalue weighted by Crippen LogP contribution is 2.18. The van der Waals surface area contributed by atoms with E-state index in [2.05, 4.69) is 20.8 Å². The molecule has 1 aromatic carbocycles. The lowest BCUT2D eigenvalue weighted by molar-refractivity contribution is -0.136. The molecule has 6 nitrogen and oxygen atoms in total. The molecule has 2 saturated heterocycles. The highest BCUT2D eigenvalue weighted by Gasteiger charge is 2.26. The summed E-state index contributed by atoms with van der Waals surface area (Å²) in [7, 11) is 0. The molecule has 2 amide bonds. The summed E-state index contributed by atoms with van der Waals surface area (Å²) in [5.74, 6) is 0.200. The highest BCUT2D eigenvalue weighted by atomic mass is 79.9. The van der Waals surface area contributed by atoms with Crippen LogP contribution in [0.25, 0.3) is 0 Å². The van der Waals surface area contributed by atoms with Crippen LogP contribution in [0.15, 0.2) is 28.7 Å². The molecule has 2 aliphatic heterocycles. The Labute approximate surface area is 150 Å². The third-order valence-corrected chi connectivity index (χ3v) is 5.18. The van der Waals surface area contributed by atoms with Gasteiger partial charge in [-0.3, -0.25) is 14.5 Å². The minimum Gasteiger partial charge on any atom is -0.378 e. The lowest BCUT2D eigenvalue weighted by Gasteiger charge is -2.36. The van der Waals surface area contributed by atoms with E-state index in [9.17, 15) is 9.59 Å². The van der Waals surface area contributed by atoms with Gasteiger partial charge in [0.25, 0.3) is 5.91 Å². The molecule has 1 aromatic rings. The standard InChI is InChI=1S/C17H22BrN3O3/c18-15-4-2-1-3-14(15)17(23)21-7-5-19(6-8-21)13-16(22)20-9-11-24-12-10-20/h1-4H,5-13H2. The van der Waals surface area contributed by atoms with Crippen LogP contribution in [0.1, 0.15) is 10.4 Å². The summed E-state index contributed by atoms with van der Waals surface area (Å²) < 4.78 is 6.10. The first kappa shape index (κ1) is 17.4. The second kappa shape index (κ2) is 8.09. The van der Waals surface area contributed by atoms with Crippen LogP contribution in [0.4, 0.5) is 0 Å². The number of carbonyl (C=O) groups is 2. The maximum absolute atomic E-state index is 12.6. The predicted octanol–water partition coefficient (Wildman–Crippen LogP) is 1.07. The average molecular weight is 396 g/mol. The Morgan fingerprint density at radius 3 is 2.29 bits per heavy atom. The second-order valence-electron chi connectivity index (χ2n) is 6.04. The number of rotatable bonds is 3. The zero-order valence-corrected chi connectivity index (χ0v) is 15.2. The third kappa shape index (κ3) is 4.15. The van der Waals surface area contributed by atoms with Crippen molar-refractivity contribution in [3.63, 3.8) is 0 Å². The van der Waals surface area contributed by atoms with Crippen molar-refractivity contribution in [1.82, 2.24) is 14.7 Å². The molecule has 0 saturated carbocycles. The summed E-state index contributed by atoms with van der Waals surface area (Å²) >= 11 is 3.43. The molecule has 0 aromatic heterocycles. The molecule has 7 heteroatoms. The van der Waals surface area contributed by atoms with Gasteiger partial charge < -0.3 is 14.5 Å². The van der Waals surface area contributed by atoms with Gasteiger partial charge >= 0.3 is 0 Å². The number of morpholine rings is 1. The molecule has 0 atom stereocenters. The van der Waals surface area contributed by atoms with Gasteiger partial charge in [0.2, 0.25) is 5.91 Å². The lowest BCUT2D eigenvalue weighted by Crippen LogP contribution is -2.52. The molecule has 24 heavy (non-hydrogen) atoms. The van der Waals surface area contributed by atoms with Gasteiger partial charge in [-0.2, -0.15) is 0 Å². The van der Waals surface area contributed by atoms with Gasteiger partial charge in [0, 0.05) is 43.7 Å². The van der Waals surface area contributed by atoms with E-state index >= 15 is 0 Å². The quantitative estimate of drug-likeness (QED) is 0.767. The van der Waals surface area contributed by atoms with Crippen molar-refractivity contribution in [3.05, 3.63) is 34.3 Å². The fraction of sp³-hybridized carbons (Fsp3) is 0.529. The van der Waals surface area contributed by atoms with E-state index in [1.54, 1.807) is 0 Å². The smallest absolute Gasteiger partial charge is 0.255 e. The minimum absolute atomic E-state index is 0.0432. The Kier molecular flexibility index (Phi) is 5.86. The van der Waals surface area contributed by atoms with E-state index in [1.807, 2.05) is 34.1 Å². The van der Waals surface area contributed by atoms with E-state index in [0.717, 1.165) is 17.6 Å². The number of amides is 2. The summed E-state index contributed by atoms with van der Waals surface area (Å²) in [6, 6.07) is 7.48. The van der Waals surface area contributed by atoms with Gasteiger partial charge in [0.15, 0.2) is 0 Å². The molecule has 0 bridgehead atoms. The van der Waals surface area contributed by atoms with Crippen LogP contribution >= 0.6 is 15.9 Å². The van der Waals surface area contributed by atoms with Crippen LogP contribution in [-0.2, 0) is 9.53 Å². The van der Waals surface area contributed by atoms with E-state index in [-0.39, 0.29) is 11.8 Å². The van der Waals surface area contributed by atoms with E-state index in [1.165, 1.54) is 0 Å². The fourth-order valence-corrected chi connectivity index (χ4v) is 3.47. The van der Waals surface area contributed by atoms with Gasteiger partial charge in [-0.1, -0.05) is 12.1 Å². The number of ether oxygens (including phenoxy) is 1. The lowest BCUT2D eigenvalue weighted by atomic mass is 10.2. The largest absolute Gasteiger partial charge is 0.378 e. The number of piperazine rings is 1. The summed E-state index contributed by atoms with van der Waals surface area (Å²) in [4.78, 5) is 30.7. The zero-order valence-electron chi connectivity index (χ0n) is 13.6. The number of nitrogens with zero attached hydrogens (tertiary/aromatic N) is 3. The van der Waals surface area contributed by atoms with Crippen LogP contribution < -0.4 is 0 Å². The summed E-state index contributed by atoms with van der Waals surface area (Å²) in [5, 5.41) is 0. The molecule has 0 radical (unpaired) electrons. The molecule has 2 aliphatic rings. The van der Waals surface area contributed by atoms with Gasteiger partial charge in [-0.25, -0.2) is 0 Å². The number of halogens is 1. The molecule has 0 unspecified atom stereocenters. The van der Waals surface area contributed by atoms with Gasteiger partial charge in [-0.15, -0.1) is 0 Å². The summed E-state index contributed by atoms with van der Waals surface area (Å²) in [5.41, 5.74) is 0.690. The number of hydrogen-bond donors (Lipinski definition) is 0. The van der Waals surface area contributed by atoms with Crippen molar-refractivity contribution in [2.24, 2.45) is 0 Å². The Morgan fingerprint density at radius 1 is 0.958 bits per heavy atom. The van der Waals surface area contributed by atoms with Crippen LogP contribution in [0.3, 0.4) is 0 Å². The first-order chi connectivity index (χ1) is 11.6. The maximum Gasteiger partial charge on any atom is 0.255 e. The maximum atomic E-state index is 12.6. The molecule has 2 fully saturated rings. The predicted molar refractivity (Wildman–Crippen MR) is 93.9 cm³/mol. The van der Waals surface area contributed by atoms with Crippen LogP contribution in [0.2, 0.25) is 0 Å². The Hall–Kier alpha value is -1.44. The van der Waals surface area contributed by atoms with Crippen LogP contribution in [-0.4, -0.2) is 85.5 Å². The van der Waals surface area contributed by atoms with Crippen molar-refractivity contribution in [1.29, 1.82) is 0 Å². The second-order valence-corrected chi connectivity index (χ2v) is 6.90. The summed E-state index contributed by atoms with van der Waals surface area (Å²) in [6.07, 6.45) is 0. The van der Waals surface area contributed by atoms with E-state index in [0.29, 0.717) is 51.5 Å².